The van der Waals surface area contributed by atoms with E-state index in [1.165, 1.54) is 11.1 Å². The van der Waals surface area contributed by atoms with Crippen molar-refractivity contribution < 1.29 is 31.9 Å². The van der Waals surface area contributed by atoms with E-state index in [9.17, 15) is 27.2 Å². The average molecular weight is 506 g/mol. The summed E-state index contributed by atoms with van der Waals surface area (Å²) >= 11 is 0. The monoisotopic (exact) mass is 505 g/mol. The smallest absolute Gasteiger partial charge is 0.381 e. The van der Waals surface area contributed by atoms with Crippen LogP contribution in [0.4, 0.5) is 17.6 Å². The largest absolute Gasteiger partial charge is 0.416 e. The Morgan fingerprint density at radius 2 is 1.92 bits per heavy atom. The Morgan fingerprint density at radius 1 is 1.17 bits per heavy atom. The first kappa shape index (κ1) is 24.7. The van der Waals surface area contributed by atoms with Gasteiger partial charge in [-0.05, 0) is 54.9 Å². The lowest BCUT2D eigenvalue weighted by molar-refractivity contribution is -0.138. The molecule has 192 valence electrons. The molecule has 10 heteroatoms. The molecule has 2 aromatic rings. The number of halogens is 4. The summed E-state index contributed by atoms with van der Waals surface area (Å²) in [6.45, 7) is 2.82. The molecule has 1 aromatic carbocycles. The first-order chi connectivity index (χ1) is 17.1. The molecule has 1 aliphatic carbocycles. The van der Waals surface area contributed by atoms with E-state index in [4.69, 9.17) is 4.74 Å². The maximum Gasteiger partial charge on any atom is 0.416 e. The topological polar surface area (TPSA) is 71.5 Å². The van der Waals surface area contributed by atoms with E-state index < -0.39 is 35.5 Å². The van der Waals surface area contributed by atoms with Gasteiger partial charge in [0.2, 0.25) is 5.91 Å². The summed E-state index contributed by atoms with van der Waals surface area (Å²) in [5.74, 6) is -1.60. The van der Waals surface area contributed by atoms with Crippen LogP contribution in [0.3, 0.4) is 0 Å². The van der Waals surface area contributed by atoms with Crippen LogP contribution < -0.4 is 5.32 Å². The average Bonchev–Trinajstić information content (AvgIpc) is 3.58. The van der Waals surface area contributed by atoms with Gasteiger partial charge in [0.1, 0.15) is 11.9 Å². The van der Waals surface area contributed by atoms with Crippen LogP contribution in [0.25, 0.3) is 0 Å². The van der Waals surface area contributed by atoms with E-state index in [0.29, 0.717) is 30.5 Å². The fourth-order valence-electron chi connectivity index (χ4n) is 5.00. The minimum atomic E-state index is -4.68. The molecule has 0 bridgehead atoms. The molecular formula is C26H27F4N3O3. The highest BCUT2D eigenvalue weighted by Crippen LogP contribution is 2.40. The van der Waals surface area contributed by atoms with Crippen LogP contribution in [0.15, 0.2) is 36.7 Å². The van der Waals surface area contributed by atoms with Crippen molar-refractivity contribution in [3.05, 3.63) is 64.7 Å². The van der Waals surface area contributed by atoms with E-state index in [1.54, 1.807) is 6.20 Å². The number of carbonyl (C=O) groups is 2. The summed E-state index contributed by atoms with van der Waals surface area (Å²) in [7, 11) is 0. The Kier molecular flexibility index (Phi) is 6.48. The molecule has 0 spiro atoms. The summed E-state index contributed by atoms with van der Waals surface area (Å²) in [6, 6.07) is 2.50. The second kappa shape index (κ2) is 9.46. The van der Waals surface area contributed by atoms with Gasteiger partial charge < -0.3 is 15.0 Å². The van der Waals surface area contributed by atoms with Gasteiger partial charge >= 0.3 is 6.18 Å². The van der Waals surface area contributed by atoms with Crippen LogP contribution in [0.2, 0.25) is 0 Å². The van der Waals surface area contributed by atoms with Crippen molar-refractivity contribution in [1.82, 2.24) is 15.2 Å². The third kappa shape index (κ3) is 4.96. The van der Waals surface area contributed by atoms with Gasteiger partial charge in [-0.1, -0.05) is 13.0 Å². The molecular weight excluding hydrogens is 478 g/mol. The lowest BCUT2D eigenvalue weighted by Crippen LogP contribution is -2.50. The van der Waals surface area contributed by atoms with Gasteiger partial charge in [-0.2, -0.15) is 13.2 Å². The minimum absolute atomic E-state index is 0.0325. The van der Waals surface area contributed by atoms with Crippen LogP contribution in [0, 0.1) is 17.7 Å². The SMILES string of the molecule is C[C@@H]1C[C@H](C(=O)N[C@@H](c2ccc(C(F)(F)F)cc2F)C2COC2)N(C(=O)c2cncc(C3CC3)c2)C1. The van der Waals surface area contributed by atoms with Crippen molar-refractivity contribution in [2.24, 2.45) is 11.8 Å². The minimum Gasteiger partial charge on any atom is -0.381 e. The maximum absolute atomic E-state index is 14.8. The Labute approximate surface area is 206 Å². The lowest BCUT2D eigenvalue weighted by Gasteiger charge is -2.36. The van der Waals surface area contributed by atoms with Crippen LogP contribution in [0.1, 0.15) is 65.2 Å². The van der Waals surface area contributed by atoms with Crippen molar-refractivity contribution in [3.63, 3.8) is 0 Å². The molecule has 0 unspecified atom stereocenters. The first-order valence-electron chi connectivity index (χ1n) is 12.1. The molecule has 1 aromatic heterocycles. The quantitative estimate of drug-likeness (QED) is 0.588. The number of amides is 2. The Morgan fingerprint density at radius 3 is 2.53 bits per heavy atom. The third-order valence-corrected chi connectivity index (χ3v) is 7.22. The van der Waals surface area contributed by atoms with Crippen molar-refractivity contribution in [1.29, 1.82) is 0 Å². The van der Waals surface area contributed by atoms with E-state index in [0.717, 1.165) is 30.5 Å². The number of hydrogen-bond donors (Lipinski definition) is 1. The van der Waals surface area contributed by atoms with Crippen LogP contribution in [-0.4, -0.2) is 47.5 Å². The zero-order valence-corrected chi connectivity index (χ0v) is 19.7. The summed E-state index contributed by atoms with van der Waals surface area (Å²) < 4.78 is 59.1. The molecule has 1 saturated carbocycles. The second-order valence-corrected chi connectivity index (χ2v) is 10.1. The third-order valence-electron chi connectivity index (χ3n) is 7.22. The van der Waals surface area contributed by atoms with E-state index in [1.807, 2.05) is 13.0 Å². The standard InChI is InChI=1S/C26H27F4N3O3/c1-14-6-22(33(11-14)25(35)17-7-16(9-31-10-17)15-2-3-15)24(34)32-23(18-12-36-13-18)20-5-4-19(8-21(20)27)26(28,29)30/h4-5,7-10,14-15,18,22-23H,2-3,6,11-13H2,1H3,(H,32,34)/t14-,22-,23-/m1/s1. The van der Waals surface area contributed by atoms with Crippen molar-refractivity contribution in [3.8, 4) is 0 Å². The number of aromatic nitrogens is 1. The molecule has 3 heterocycles. The Hall–Kier alpha value is -3.01. The number of alkyl halides is 3. The second-order valence-electron chi connectivity index (χ2n) is 10.1. The zero-order valence-electron chi connectivity index (χ0n) is 19.7. The first-order valence-corrected chi connectivity index (χ1v) is 12.1. The molecule has 2 aliphatic heterocycles. The zero-order chi connectivity index (χ0) is 25.6. The lowest BCUT2D eigenvalue weighted by atomic mass is 9.90. The number of pyridine rings is 1. The van der Waals surface area contributed by atoms with Gasteiger partial charge in [0.15, 0.2) is 0 Å². The molecule has 6 nitrogen and oxygen atoms in total. The van der Waals surface area contributed by atoms with Crippen molar-refractivity contribution in [2.75, 3.05) is 19.8 Å². The number of nitrogens with one attached hydrogen (secondary N) is 1. The number of rotatable bonds is 6. The van der Waals surface area contributed by atoms with Crippen molar-refractivity contribution >= 4 is 11.8 Å². The molecule has 2 amide bonds. The molecule has 3 fully saturated rings. The summed E-state index contributed by atoms with van der Waals surface area (Å²) in [5.41, 5.74) is 0.304. The van der Waals surface area contributed by atoms with Gasteiger partial charge in [0.05, 0.1) is 30.4 Å². The molecule has 2 saturated heterocycles. The van der Waals surface area contributed by atoms with Gasteiger partial charge in [0, 0.05) is 30.4 Å². The predicted octanol–water partition coefficient (Wildman–Crippen LogP) is 4.47. The van der Waals surface area contributed by atoms with E-state index in [2.05, 4.69) is 10.3 Å². The molecule has 1 N–H and O–H groups in total. The van der Waals surface area contributed by atoms with Gasteiger partial charge in [-0.3, -0.25) is 14.6 Å². The number of ether oxygens (including phenoxy) is 1. The van der Waals surface area contributed by atoms with E-state index >= 15 is 0 Å². The summed E-state index contributed by atoms with van der Waals surface area (Å²) in [4.78, 5) is 32.5. The number of hydrogen-bond acceptors (Lipinski definition) is 4. The molecule has 36 heavy (non-hydrogen) atoms. The number of likely N-dealkylation sites (tertiary alicyclic amines) is 1. The number of nitrogens with zero attached hydrogens (tertiary/aromatic N) is 2. The fraction of sp³-hybridized carbons (Fsp3) is 0.500. The Balaban J connectivity index is 1.37. The Bertz CT molecular complexity index is 1160. The highest BCUT2D eigenvalue weighted by Gasteiger charge is 2.41. The van der Waals surface area contributed by atoms with Crippen LogP contribution in [-0.2, 0) is 15.7 Å². The fourth-order valence-corrected chi connectivity index (χ4v) is 5.00. The highest BCUT2D eigenvalue weighted by atomic mass is 19.4. The number of carbonyl (C=O) groups excluding carboxylic acids is 2. The van der Waals surface area contributed by atoms with Gasteiger partial charge in [-0.25, -0.2) is 4.39 Å². The highest BCUT2D eigenvalue weighted by molar-refractivity contribution is 5.98. The summed E-state index contributed by atoms with van der Waals surface area (Å²) in [5, 5.41) is 2.82. The van der Waals surface area contributed by atoms with Crippen LogP contribution >= 0.6 is 0 Å². The van der Waals surface area contributed by atoms with E-state index in [-0.39, 0.29) is 36.5 Å². The van der Waals surface area contributed by atoms with Gasteiger partial charge in [-0.15, -0.1) is 0 Å². The normalized spacial score (nSPS) is 23.3. The maximum atomic E-state index is 14.8. The van der Waals surface area contributed by atoms with Gasteiger partial charge in [0.25, 0.3) is 5.91 Å². The molecule has 5 rings (SSSR count). The van der Waals surface area contributed by atoms with Crippen LogP contribution in [0.5, 0.6) is 0 Å². The van der Waals surface area contributed by atoms with Crippen molar-refractivity contribution in [2.45, 2.75) is 50.4 Å². The molecule has 0 radical (unpaired) electrons. The summed E-state index contributed by atoms with van der Waals surface area (Å²) in [6.07, 6.45) is 1.14. The predicted molar refractivity (Wildman–Crippen MR) is 121 cm³/mol. The molecule has 3 atom stereocenters. The molecule has 3 aliphatic rings. The number of benzene rings is 1.